The van der Waals surface area contributed by atoms with Gasteiger partial charge in [0, 0.05) is 22.8 Å². The quantitative estimate of drug-likeness (QED) is 0.0274. The molecule has 2 aromatic rings. The third-order valence-electron chi connectivity index (χ3n) is 14.1. The molecule has 1 aliphatic rings. The van der Waals surface area contributed by atoms with E-state index < -0.39 is 0 Å². The van der Waals surface area contributed by atoms with Gasteiger partial charge in [0.05, 0.1) is 0 Å². The summed E-state index contributed by atoms with van der Waals surface area (Å²) in [5.41, 5.74) is 19.6. The van der Waals surface area contributed by atoms with Crippen molar-refractivity contribution in [3.05, 3.63) is 102 Å². The predicted octanol–water partition coefficient (Wildman–Crippen LogP) is 23.3. The van der Waals surface area contributed by atoms with Crippen LogP contribution in [0.2, 0.25) is 0 Å². The van der Waals surface area contributed by atoms with E-state index in [1.54, 1.807) is 0 Å². The summed E-state index contributed by atoms with van der Waals surface area (Å²) in [6.07, 6.45) is 60.2. The molecule has 1 aliphatic heterocycles. The Morgan fingerprint density at radius 2 is 0.667 bits per heavy atom. The van der Waals surface area contributed by atoms with Gasteiger partial charge in [-0.05, 0) is 73.9 Å². The molecular formula is C66H114N2Ni. The van der Waals surface area contributed by atoms with Crippen molar-refractivity contribution in [3.63, 3.8) is 0 Å². The van der Waals surface area contributed by atoms with Crippen LogP contribution in [0.15, 0.2) is 60.2 Å². The molecule has 0 aromatic heterocycles. The van der Waals surface area contributed by atoms with Crippen molar-refractivity contribution < 1.29 is 21.2 Å². The molecule has 0 saturated heterocycles. The SMILES string of the molecule is CCCCCCCCc1cccc(C2=CC(CCCC)=C(c3cccc(CCCCCCCC)c3)[N+]2=[N-])c1.[CH2-]CCCCCCCCCCCCCC.[CH2-]CCCCCCCCCCCCCC.[Ni+2]. The van der Waals surface area contributed by atoms with Crippen LogP contribution < -0.4 is 0 Å². The average Bonchev–Trinajstić information content (AvgIpc) is 3.69. The van der Waals surface area contributed by atoms with Crippen molar-refractivity contribution in [2.24, 2.45) is 0 Å². The van der Waals surface area contributed by atoms with E-state index in [9.17, 15) is 5.53 Å². The second-order valence-electron chi connectivity index (χ2n) is 20.7. The Balaban J connectivity index is 0.00000123. The van der Waals surface area contributed by atoms with Gasteiger partial charge in [-0.2, -0.15) is 12.8 Å². The molecule has 0 aliphatic carbocycles. The first kappa shape index (κ1) is 67.0. The summed E-state index contributed by atoms with van der Waals surface area (Å²) in [4.78, 5) is 0. The van der Waals surface area contributed by atoms with Gasteiger partial charge >= 0.3 is 16.5 Å². The molecule has 69 heavy (non-hydrogen) atoms. The van der Waals surface area contributed by atoms with Gasteiger partial charge in [0.1, 0.15) is 0 Å². The first-order valence-electron chi connectivity index (χ1n) is 30.2. The van der Waals surface area contributed by atoms with Crippen LogP contribution >= 0.6 is 0 Å². The monoisotopic (exact) mass is 993 g/mol. The van der Waals surface area contributed by atoms with Crippen LogP contribution in [-0.2, 0) is 29.3 Å². The van der Waals surface area contributed by atoms with E-state index in [0.717, 1.165) is 67.5 Å². The second kappa shape index (κ2) is 50.9. The van der Waals surface area contributed by atoms with Gasteiger partial charge in [0.15, 0.2) is 0 Å². The number of hydrogen-bond donors (Lipinski definition) is 0. The Kier molecular flexibility index (Phi) is 49.5. The minimum atomic E-state index is 0. The topological polar surface area (TPSA) is 25.3 Å². The minimum Gasteiger partial charge on any atom is -0.493 e. The Morgan fingerprint density at radius 1 is 0.362 bits per heavy atom. The van der Waals surface area contributed by atoms with Crippen molar-refractivity contribution in [3.8, 4) is 0 Å². The van der Waals surface area contributed by atoms with E-state index in [-0.39, 0.29) is 16.5 Å². The summed E-state index contributed by atoms with van der Waals surface area (Å²) >= 11 is 0. The molecule has 0 unspecified atom stereocenters. The zero-order valence-corrected chi connectivity index (χ0v) is 47.7. The first-order chi connectivity index (χ1) is 33.5. The van der Waals surface area contributed by atoms with E-state index in [2.05, 4.69) is 103 Å². The molecule has 0 spiro atoms. The molecular weight excluding hydrogens is 879 g/mol. The molecule has 1 heterocycles. The molecule has 0 fully saturated rings. The van der Waals surface area contributed by atoms with E-state index in [4.69, 9.17) is 0 Å². The molecule has 2 nitrogen and oxygen atoms in total. The maximum atomic E-state index is 11.5. The summed E-state index contributed by atoms with van der Waals surface area (Å²) < 4.78 is 1.47. The number of allylic oxidation sites excluding steroid dienone is 2. The number of aryl methyl sites for hydroxylation is 2. The molecule has 0 bridgehead atoms. The molecule has 2 aromatic carbocycles. The molecule has 0 radical (unpaired) electrons. The van der Waals surface area contributed by atoms with Crippen LogP contribution in [0.1, 0.15) is 320 Å². The maximum absolute atomic E-state index is 11.5. The van der Waals surface area contributed by atoms with Crippen molar-refractivity contribution >= 4 is 11.4 Å². The number of rotatable bonds is 43. The predicted molar refractivity (Wildman–Crippen MR) is 307 cm³/mol. The van der Waals surface area contributed by atoms with E-state index in [1.165, 1.54) is 253 Å². The second-order valence-corrected chi connectivity index (χ2v) is 20.7. The zero-order chi connectivity index (χ0) is 49.4. The Bertz CT molecular complexity index is 1440. The molecule has 3 rings (SSSR count). The molecule has 0 N–H and O–H groups in total. The van der Waals surface area contributed by atoms with Crippen LogP contribution in [-0.4, -0.2) is 4.70 Å². The largest absolute Gasteiger partial charge is 2.00 e. The smallest absolute Gasteiger partial charge is 0.493 e. The molecule has 0 saturated carbocycles. The molecule has 0 amide bonds. The fourth-order valence-corrected chi connectivity index (χ4v) is 9.64. The van der Waals surface area contributed by atoms with Gasteiger partial charge in [0.25, 0.3) is 0 Å². The molecule has 398 valence electrons. The third kappa shape index (κ3) is 36.6. The maximum Gasteiger partial charge on any atom is 2.00 e. The van der Waals surface area contributed by atoms with Crippen molar-refractivity contribution in [1.29, 1.82) is 0 Å². The Hall–Kier alpha value is -1.99. The van der Waals surface area contributed by atoms with Crippen molar-refractivity contribution in [1.82, 2.24) is 0 Å². The number of unbranched alkanes of at least 4 members (excludes halogenated alkanes) is 35. The van der Waals surface area contributed by atoms with Crippen molar-refractivity contribution in [2.75, 3.05) is 0 Å². The van der Waals surface area contributed by atoms with Crippen LogP contribution in [0, 0.1) is 13.8 Å². The van der Waals surface area contributed by atoms with E-state index >= 15 is 0 Å². The zero-order valence-electron chi connectivity index (χ0n) is 46.7. The van der Waals surface area contributed by atoms with Crippen LogP contribution in [0.3, 0.4) is 0 Å². The van der Waals surface area contributed by atoms with Gasteiger partial charge in [-0.3, -0.25) is 0 Å². The van der Waals surface area contributed by atoms with Gasteiger partial charge < -0.3 is 19.4 Å². The summed E-state index contributed by atoms with van der Waals surface area (Å²) in [5.74, 6) is 0. The molecule has 0 atom stereocenters. The third-order valence-corrected chi connectivity index (χ3v) is 14.1. The fraction of sp³-hybridized carbons (Fsp3) is 0.727. The van der Waals surface area contributed by atoms with Gasteiger partial charge in [-0.1, -0.05) is 284 Å². The minimum absolute atomic E-state index is 0. The fourth-order valence-electron chi connectivity index (χ4n) is 9.64. The molecule has 3 heteroatoms. The summed E-state index contributed by atoms with van der Waals surface area (Å²) in [5, 5.41) is 0. The standard InChI is InChI=1S/C36H52N2.2C15H31.Ni/c1-4-7-10-12-14-16-20-30-22-18-25-32(27-30)35-29-34(24-9-6-3)36(38(35)37)33-26-19-23-31(28-33)21-17-15-13-11-8-5-2;2*1-3-5-7-9-11-13-15-14-12-10-8-6-4-2;/h18-19,22-23,25-29H,4-17,20-21,24H2,1-3H3;2*1,3-15H2,2H3;/q;2*-1;+2. The number of benzene rings is 2. The Morgan fingerprint density at radius 3 is 1.01 bits per heavy atom. The van der Waals surface area contributed by atoms with Gasteiger partial charge in [-0.15, -0.1) is 0 Å². The number of nitrogens with zero attached hydrogens (tertiary/aromatic N) is 2. The van der Waals surface area contributed by atoms with E-state index in [0.29, 0.717) is 0 Å². The van der Waals surface area contributed by atoms with E-state index in [1.807, 2.05) is 0 Å². The number of hydrogen-bond acceptors (Lipinski definition) is 0. The van der Waals surface area contributed by atoms with Crippen LogP contribution in [0.4, 0.5) is 0 Å². The Labute approximate surface area is 442 Å². The summed E-state index contributed by atoms with van der Waals surface area (Å²) in [7, 11) is 0. The summed E-state index contributed by atoms with van der Waals surface area (Å²) in [6, 6.07) is 17.7. The first-order valence-corrected chi connectivity index (χ1v) is 30.2. The van der Waals surface area contributed by atoms with Crippen LogP contribution in [0.25, 0.3) is 16.9 Å². The van der Waals surface area contributed by atoms with Gasteiger partial charge in [0.2, 0.25) is 11.4 Å². The van der Waals surface area contributed by atoms with Gasteiger partial charge in [-0.25, -0.2) is 4.70 Å². The average molecular weight is 994 g/mol. The van der Waals surface area contributed by atoms with Crippen LogP contribution in [0.5, 0.6) is 0 Å². The van der Waals surface area contributed by atoms with Crippen molar-refractivity contribution in [2.45, 2.75) is 311 Å². The summed E-state index contributed by atoms with van der Waals surface area (Å²) in [6.45, 7) is 19.1. The normalized spacial score (nSPS) is 12.1.